The van der Waals surface area contributed by atoms with Crippen LogP contribution in [-0.4, -0.2) is 21.5 Å². The van der Waals surface area contributed by atoms with Crippen molar-refractivity contribution in [3.8, 4) is 0 Å². The van der Waals surface area contributed by atoms with Gasteiger partial charge >= 0.3 is 6.18 Å². The van der Waals surface area contributed by atoms with Gasteiger partial charge in [-0.05, 0) is 12.5 Å². The van der Waals surface area contributed by atoms with E-state index in [9.17, 15) is 22.0 Å². The molecule has 1 heterocycles. The molecule has 1 aromatic heterocycles. The van der Waals surface area contributed by atoms with E-state index < -0.39 is 30.1 Å². The van der Waals surface area contributed by atoms with Crippen molar-refractivity contribution in [2.75, 3.05) is 6.61 Å². The Morgan fingerprint density at radius 1 is 1.14 bits per heavy atom. The fourth-order valence-corrected chi connectivity index (χ4v) is 1.93. The van der Waals surface area contributed by atoms with Gasteiger partial charge in [0.1, 0.15) is 0 Å². The second kappa shape index (κ2) is 5.80. The van der Waals surface area contributed by atoms with E-state index in [1.165, 1.54) is 12.1 Å². The third-order valence-corrected chi connectivity index (χ3v) is 2.85. The standard InChI is InChI=1S/C13H11F5N2O/c14-10-3-1-2-8(11(10)15)6-20-7-9(4-5-21)12(19-20)13(16,17)18/h1-3,7,21H,4-6H2. The predicted molar refractivity (Wildman–Crippen MR) is 63.5 cm³/mol. The summed E-state index contributed by atoms with van der Waals surface area (Å²) in [6, 6.07) is 3.44. The molecule has 0 aliphatic heterocycles. The zero-order chi connectivity index (χ0) is 15.6. The number of halogens is 5. The van der Waals surface area contributed by atoms with Crippen molar-refractivity contribution in [1.29, 1.82) is 0 Å². The molecule has 0 radical (unpaired) electrons. The molecule has 0 spiro atoms. The van der Waals surface area contributed by atoms with Crippen LogP contribution in [0.5, 0.6) is 0 Å². The highest BCUT2D eigenvalue weighted by Crippen LogP contribution is 2.31. The smallest absolute Gasteiger partial charge is 0.396 e. The molecular formula is C13H11F5N2O. The normalized spacial score (nSPS) is 11.9. The zero-order valence-corrected chi connectivity index (χ0v) is 10.7. The van der Waals surface area contributed by atoms with Crippen molar-refractivity contribution in [2.45, 2.75) is 19.1 Å². The number of aromatic nitrogens is 2. The van der Waals surface area contributed by atoms with Gasteiger partial charge in [0.15, 0.2) is 17.3 Å². The molecule has 0 aliphatic carbocycles. The van der Waals surface area contributed by atoms with Gasteiger partial charge in [-0.1, -0.05) is 12.1 Å². The summed E-state index contributed by atoms with van der Waals surface area (Å²) in [7, 11) is 0. The van der Waals surface area contributed by atoms with Crippen LogP contribution in [0.1, 0.15) is 16.8 Å². The lowest BCUT2D eigenvalue weighted by Crippen LogP contribution is -2.11. The van der Waals surface area contributed by atoms with E-state index in [1.54, 1.807) is 0 Å². The van der Waals surface area contributed by atoms with Gasteiger partial charge in [-0.15, -0.1) is 0 Å². The Morgan fingerprint density at radius 2 is 1.86 bits per heavy atom. The van der Waals surface area contributed by atoms with Gasteiger partial charge in [0, 0.05) is 23.9 Å². The maximum Gasteiger partial charge on any atom is 0.435 e. The third kappa shape index (κ3) is 3.38. The number of alkyl halides is 3. The molecule has 8 heteroatoms. The molecule has 0 saturated carbocycles. The molecule has 0 amide bonds. The molecule has 0 fully saturated rings. The van der Waals surface area contributed by atoms with E-state index in [0.717, 1.165) is 16.9 Å². The van der Waals surface area contributed by atoms with Gasteiger partial charge in [-0.25, -0.2) is 8.78 Å². The van der Waals surface area contributed by atoms with Crippen LogP contribution in [0.25, 0.3) is 0 Å². The van der Waals surface area contributed by atoms with Gasteiger partial charge in [0.05, 0.1) is 6.54 Å². The number of rotatable bonds is 4. The quantitative estimate of drug-likeness (QED) is 0.882. The van der Waals surface area contributed by atoms with Crippen LogP contribution in [0, 0.1) is 11.6 Å². The summed E-state index contributed by atoms with van der Waals surface area (Å²) in [4.78, 5) is 0. The molecule has 2 rings (SSSR count). The Bertz CT molecular complexity index is 636. The first-order valence-electron chi connectivity index (χ1n) is 6.00. The van der Waals surface area contributed by atoms with E-state index in [-0.39, 0.29) is 24.1 Å². The third-order valence-electron chi connectivity index (χ3n) is 2.85. The van der Waals surface area contributed by atoms with Crippen LogP contribution in [0.15, 0.2) is 24.4 Å². The molecule has 0 aliphatic rings. The zero-order valence-electron chi connectivity index (χ0n) is 10.7. The SMILES string of the molecule is OCCc1cn(Cc2cccc(F)c2F)nc1C(F)(F)F. The lowest BCUT2D eigenvalue weighted by Gasteiger charge is -2.05. The molecule has 114 valence electrons. The van der Waals surface area contributed by atoms with Gasteiger partial charge in [0.25, 0.3) is 0 Å². The molecule has 1 aromatic carbocycles. The minimum Gasteiger partial charge on any atom is -0.396 e. The van der Waals surface area contributed by atoms with Crippen molar-refractivity contribution in [3.63, 3.8) is 0 Å². The van der Waals surface area contributed by atoms with E-state index in [1.807, 2.05) is 0 Å². The molecule has 2 aromatic rings. The summed E-state index contributed by atoms with van der Waals surface area (Å²) in [5, 5.41) is 12.1. The fourth-order valence-electron chi connectivity index (χ4n) is 1.93. The summed E-state index contributed by atoms with van der Waals surface area (Å²) in [5.74, 6) is -2.20. The highest BCUT2D eigenvalue weighted by molar-refractivity contribution is 5.23. The van der Waals surface area contributed by atoms with Crippen molar-refractivity contribution < 1.29 is 27.1 Å². The molecule has 0 saturated heterocycles. The maximum absolute atomic E-state index is 13.5. The molecule has 0 atom stereocenters. The van der Waals surface area contributed by atoms with Crippen molar-refractivity contribution in [1.82, 2.24) is 9.78 Å². The largest absolute Gasteiger partial charge is 0.435 e. The molecule has 1 N–H and O–H groups in total. The lowest BCUT2D eigenvalue weighted by atomic mass is 10.2. The Balaban J connectivity index is 2.35. The van der Waals surface area contributed by atoms with Gasteiger partial charge in [-0.3, -0.25) is 4.68 Å². The molecular weight excluding hydrogens is 295 g/mol. The lowest BCUT2D eigenvalue weighted by molar-refractivity contribution is -0.142. The van der Waals surface area contributed by atoms with Crippen molar-refractivity contribution in [2.24, 2.45) is 0 Å². The monoisotopic (exact) mass is 306 g/mol. The number of hydrogen-bond acceptors (Lipinski definition) is 2. The average molecular weight is 306 g/mol. The van der Waals surface area contributed by atoms with E-state index in [4.69, 9.17) is 5.11 Å². The molecule has 3 nitrogen and oxygen atoms in total. The topological polar surface area (TPSA) is 38.0 Å². The summed E-state index contributed by atoms with van der Waals surface area (Å²) in [6.07, 6.45) is -3.82. The molecule has 21 heavy (non-hydrogen) atoms. The van der Waals surface area contributed by atoms with E-state index in [0.29, 0.717) is 0 Å². The number of hydrogen-bond donors (Lipinski definition) is 1. The predicted octanol–water partition coefficient (Wildman–Crippen LogP) is 2.76. The first kappa shape index (κ1) is 15.4. The number of nitrogens with zero attached hydrogens (tertiary/aromatic N) is 2. The van der Waals surface area contributed by atoms with Crippen molar-refractivity contribution >= 4 is 0 Å². The van der Waals surface area contributed by atoms with Gasteiger partial charge in [0.2, 0.25) is 0 Å². The summed E-state index contributed by atoms with van der Waals surface area (Å²) < 4.78 is 65.8. The van der Waals surface area contributed by atoms with Crippen LogP contribution in [0.4, 0.5) is 22.0 Å². The van der Waals surface area contributed by atoms with E-state index >= 15 is 0 Å². The summed E-state index contributed by atoms with van der Waals surface area (Å²) in [5.41, 5.74) is -1.43. The van der Waals surface area contributed by atoms with Crippen LogP contribution in [0.2, 0.25) is 0 Å². The van der Waals surface area contributed by atoms with Crippen LogP contribution >= 0.6 is 0 Å². The van der Waals surface area contributed by atoms with Crippen molar-refractivity contribution in [3.05, 3.63) is 52.9 Å². The number of aliphatic hydroxyl groups is 1. The highest BCUT2D eigenvalue weighted by atomic mass is 19.4. The molecule has 0 unspecified atom stereocenters. The summed E-state index contributed by atoms with van der Waals surface area (Å²) >= 11 is 0. The highest BCUT2D eigenvalue weighted by Gasteiger charge is 2.36. The van der Waals surface area contributed by atoms with Crippen LogP contribution in [0.3, 0.4) is 0 Å². The van der Waals surface area contributed by atoms with Crippen LogP contribution < -0.4 is 0 Å². The molecule has 0 bridgehead atoms. The minimum atomic E-state index is -4.67. The first-order valence-corrected chi connectivity index (χ1v) is 6.00. The first-order chi connectivity index (χ1) is 9.82. The Hall–Kier alpha value is -1.96. The summed E-state index contributed by atoms with van der Waals surface area (Å²) in [6.45, 7) is -0.804. The maximum atomic E-state index is 13.5. The van der Waals surface area contributed by atoms with Gasteiger partial charge in [-0.2, -0.15) is 18.3 Å². The second-order valence-corrected chi connectivity index (χ2v) is 4.38. The Labute approximate surface area is 116 Å². The Kier molecular flexibility index (Phi) is 4.26. The number of benzene rings is 1. The average Bonchev–Trinajstić information content (AvgIpc) is 2.78. The number of aliphatic hydroxyl groups excluding tert-OH is 1. The van der Waals surface area contributed by atoms with Crippen LogP contribution in [-0.2, 0) is 19.1 Å². The fraction of sp³-hybridized carbons (Fsp3) is 0.308. The van der Waals surface area contributed by atoms with E-state index in [2.05, 4.69) is 5.10 Å². The van der Waals surface area contributed by atoms with Gasteiger partial charge < -0.3 is 5.11 Å². The second-order valence-electron chi connectivity index (χ2n) is 4.38. The minimum absolute atomic E-state index is 0.109. The Morgan fingerprint density at radius 3 is 2.48 bits per heavy atom.